The molecule has 26 heavy (non-hydrogen) atoms. The number of rotatable bonds is 4. The number of hydrogen-bond donors (Lipinski definition) is 1. The maximum atomic E-state index is 12.9. The zero-order valence-electron chi connectivity index (χ0n) is 14.5. The van der Waals surface area contributed by atoms with Crippen molar-refractivity contribution < 1.29 is 13.2 Å². The van der Waals surface area contributed by atoms with Gasteiger partial charge in [0.05, 0.1) is 4.90 Å². The molecule has 3 rings (SSSR count). The van der Waals surface area contributed by atoms with Gasteiger partial charge in [-0.1, -0.05) is 35.9 Å². The molecule has 138 valence electrons. The van der Waals surface area contributed by atoms with Crippen molar-refractivity contribution in [2.24, 2.45) is 0 Å². The van der Waals surface area contributed by atoms with Crippen molar-refractivity contribution in [3.63, 3.8) is 0 Å². The van der Waals surface area contributed by atoms with E-state index in [1.165, 1.54) is 10.4 Å². The number of benzene rings is 2. The fourth-order valence-corrected chi connectivity index (χ4v) is 5.05. The fourth-order valence-electron chi connectivity index (χ4n) is 3.09. The number of halogens is 1. The number of carbonyl (C=O) groups excluding carboxylic acids is 1. The van der Waals surface area contributed by atoms with Crippen LogP contribution in [-0.2, 0) is 10.0 Å². The first-order valence-electron chi connectivity index (χ1n) is 8.50. The van der Waals surface area contributed by atoms with Gasteiger partial charge < -0.3 is 5.32 Å². The van der Waals surface area contributed by atoms with Crippen LogP contribution in [0.2, 0.25) is 5.02 Å². The minimum absolute atomic E-state index is 0.0328. The van der Waals surface area contributed by atoms with Crippen LogP contribution in [0.15, 0.2) is 53.4 Å². The molecule has 1 aliphatic rings. The molecular weight excluding hydrogens is 372 g/mol. The van der Waals surface area contributed by atoms with E-state index in [0.29, 0.717) is 42.1 Å². The summed E-state index contributed by atoms with van der Waals surface area (Å²) in [6.45, 7) is 2.50. The average Bonchev–Trinajstić information content (AvgIpc) is 2.65. The Labute approximate surface area is 159 Å². The van der Waals surface area contributed by atoms with Crippen molar-refractivity contribution in [1.29, 1.82) is 0 Å². The number of hydrogen-bond acceptors (Lipinski definition) is 3. The van der Waals surface area contributed by atoms with Gasteiger partial charge in [-0.25, -0.2) is 8.42 Å². The number of sulfonamides is 1. The second-order valence-electron chi connectivity index (χ2n) is 6.43. The second-order valence-corrected chi connectivity index (χ2v) is 8.77. The number of aryl methyl sites for hydroxylation is 1. The van der Waals surface area contributed by atoms with Gasteiger partial charge in [-0.15, -0.1) is 0 Å². The minimum Gasteiger partial charge on any atom is -0.349 e. The van der Waals surface area contributed by atoms with Crippen LogP contribution >= 0.6 is 11.6 Å². The molecule has 1 amide bonds. The number of piperidine rings is 1. The lowest BCUT2D eigenvalue weighted by Crippen LogP contribution is -2.46. The Morgan fingerprint density at radius 1 is 1.12 bits per heavy atom. The van der Waals surface area contributed by atoms with E-state index in [-0.39, 0.29) is 16.8 Å². The second kappa shape index (κ2) is 7.78. The van der Waals surface area contributed by atoms with Gasteiger partial charge in [-0.3, -0.25) is 4.79 Å². The molecule has 1 saturated heterocycles. The van der Waals surface area contributed by atoms with Crippen LogP contribution in [0.25, 0.3) is 0 Å². The summed E-state index contributed by atoms with van der Waals surface area (Å²) < 4.78 is 27.3. The highest BCUT2D eigenvalue weighted by atomic mass is 35.5. The van der Waals surface area contributed by atoms with Gasteiger partial charge in [0.25, 0.3) is 5.91 Å². The molecule has 2 aromatic carbocycles. The molecule has 7 heteroatoms. The lowest BCUT2D eigenvalue weighted by atomic mass is 10.1. The Morgan fingerprint density at radius 3 is 2.42 bits per heavy atom. The quantitative estimate of drug-likeness (QED) is 0.868. The predicted molar refractivity (Wildman–Crippen MR) is 102 cm³/mol. The third kappa shape index (κ3) is 4.09. The Bertz CT molecular complexity index is 892. The summed E-state index contributed by atoms with van der Waals surface area (Å²) in [5.74, 6) is -0.127. The van der Waals surface area contributed by atoms with Crippen LogP contribution in [-0.4, -0.2) is 37.8 Å². The average molecular weight is 393 g/mol. The lowest BCUT2D eigenvalue weighted by Gasteiger charge is -2.32. The summed E-state index contributed by atoms with van der Waals surface area (Å²) in [6, 6.07) is 13.9. The number of carbonyl (C=O) groups is 1. The third-order valence-corrected chi connectivity index (χ3v) is 6.87. The zero-order valence-corrected chi connectivity index (χ0v) is 16.1. The SMILES string of the molecule is Cc1ccc(Cl)cc1S(=O)(=O)N1CCC(NC(=O)c2ccccc2)CC1. The lowest BCUT2D eigenvalue weighted by molar-refractivity contribution is 0.0924. The van der Waals surface area contributed by atoms with Gasteiger partial charge in [-0.2, -0.15) is 4.31 Å². The maximum Gasteiger partial charge on any atom is 0.251 e. The molecule has 0 aromatic heterocycles. The van der Waals surface area contributed by atoms with Gasteiger partial charge >= 0.3 is 0 Å². The fraction of sp³-hybridized carbons (Fsp3) is 0.316. The minimum atomic E-state index is -3.58. The molecule has 0 atom stereocenters. The van der Waals surface area contributed by atoms with E-state index < -0.39 is 10.0 Å². The Kier molecular flexibility index (Phi) is 5.65. The molecule has 0 spiro atoms. The third-order valence-electron chi connectivity index (χ3n) is 4.59. The van der Waals surface area contributed by atoms with Crippen molar-refractivity contribution in [3.8, 4) is 0 Å². The predicted octanol–water partition coefficient (Wildman–Crippen LogP) is 3.23. The van der Waals surface area contributed by atoms with Crippen molar-refractivity contribution in [2.75, 3.05) is 13.1 Å². The zero-order chi connectivity index (χ0) is 18.7. The highest BCUT2D eigenvalue weighted by Crippen LogP contribution is 2.26. The first-order valence-corrected chi connectivity index (χ1v) is 10.3. The molecule has 1 N–H and O–H groups in total. The topological polar surface area (TPSA) is 66.5 Å². The van der Waals surface area contributed by atoms with Crippen molar-refractivity contribution in [3.05, 3.63) is 64.7 Å². The van der Waals surface area contributed by atoms with Crippen molar-refractivity contribution in [1.82, 2.24) is 9.62 Å². The van der Waals surface area contributed by atoms with Crippen LogP contribution in [0.4, 0.5) is 0 Å². The van der Waals surface area contributed by atoms with Gasteiger partial charge in [0.2, 0.25) is 10.0 Å². The largest absolute Gasteiger partial charge is 0.349 e. The summed E-state index contributed by atoms with van der Waals surface area (Å²) in [4.78, 5) is 12.5. The molecule has 0 aliphatic carbocycles. The van der Waals surface area contributed by atoms with Gasteiger partial charge in [0.1, 0.15) is 0 Å². The van der Waals surface area contributed by atoms with Crippen LogP contribution in [0.1, 0.15) is 28.8 Å². The van der Waals surface area contributed by atoms with Crippen LogP contribution in [0.3, 0.4) is 0 Å². The maximum absolute atomic E-state index is 12.9. The highest BCUT2D eigenvalue weighted by molar-refractivity contribution is 7.89. The van der Waals surface area contributed by atoms with E-state index in [1.807, 2.05) is 18.2 Å². The standard InChI is InChI=1S/C19H21ClN2O3S/c1-14-7-8-16(20)13-18(14)26(24,25)22-11-9-17(10-12-22)21-19(23)15-5-3-2-4-6-15/h2-8,13,17H,9-12H2,1H3,(H,21,23). The summed E-state index contributed by atoms with van der Waals surface area (Å²) in [5, 5.41) is 3.39. The van der Waals surface area contributed by atoms with Crippen LogP contribution in [0, 0.1) is 6.92 Å². The molecular formula is C19H21ClN2O3S. The summed E-state index contributed by atoms with van der Waals surface area (Å²) >= 11 is 5.97. The molecule has 0 bridgehead atoms. The monoisotopic (exact) mass is 392 g/mol. The van der Waals surface area contributed by atoms with Gasteiger partial charge in [0, 0.05) is 29.7 Å². The van der Waals surface area contributed by atoms with Gasteiger partial charge in [-0.05, 0) is 49.6 Å². The number of amides is 1. The number of nitrogens with one attached hydrogen (secondary N) is 1. The van der Waals surface area contributed by atoms with Crippen LogP contribution < -0.4 is 5.32 Å². The van der Waals surface area contributed by atoms with E-state index in [1.54, 1.807) is 31.2 Å². The van der Waals surface area contributed by atoms with E-state index in [2.05, 4.69) is 5.32 Å². The summed E-state index contributed by atoms with van der Waals surface area (Å²) in [6.07, 6.45) is 1.16. The van der Waals surface area contributed by atoms with E-state index in [0.717, 1.165) is 0 Å². The summed E-state index contributed by atoms with van der Waals surface area (Å²) in [5.41, 5.74) is 1.28. The smallest absolute Gasteiger partial charge is 0.251 e. The Balaban J connectivity index is 1.65. The van der Waals surface area contributed by atoms with E-state index in [9.17, 15) is 13.2 Å². The molecule has 0 unspecified atom stereocenters. The van der Waals surface area contributed by atoms with E-state index >= 15 is 0 Å². The number of nitrogens with zero attached hydrogens (tertiary/aromatic N) is 1. The van der Waals surface area contributed by atoms with Crippen LogP contribution in [0.5, 0.6) is 0 Å². The van der Waals surface area contributed by atoms with Crippen molar-refractivity contribution in [2.45, 2.75) is 30.7 Å². The van der Waals surface area contributed by atoms with Gasteiger partial charge in [0.15, 0.2) is 0 Å². The van der Waals surface area contributed by atoms with E-state index in [4.69, 9.17) is 11.6 Å². The van der Waals surface area contributed by atoms with Crippen molar-refractivity contribution >= 4 is 27.5 Å². The molecule has 1 heterocycles. The normalized spacial score (nSPS) is 16.4. The summed E-state index contributed by atoms with van der Waals surface area (Å²) in [7, 11) is -3.58. The molecule has 5 nitrogen and oxygen atoms in total. The Hall–Kier alpha value is -1.89. The Morgan fingerprint density at radius 2 is 1.77 bits per heavy atom. The molecule has 1 aliphatic heterocycles. The molecule has 0 saturated carbocycles. The highest BCUT2D eigenvalue weighted by Gasteiger charge is 2.31. The molecule has 2 aromatic rings. The first-order chi connectivity index (χ1) is 12.4. The first kappa shape index (κ1) is 18.9. The molecule has 1 fully saturated rings. The molecule has 0 radical (unpaired) electrons.